The molecule has 0 aromatic heterocycles. The van der Waals surface area contributed by atoms with E-state index in [0.29, 0.717) is 6.42 Å². The van der Waals surface area contributed by atoms with Gasteiger partial charge in [-0.2, -0.15) is 0 Å². The smallest absolute Gasteiger partial charge is 0.303 e. The van der Waals surface area contributed by atoms with Crippen LogP contribution in [0.15, 0.2) is 0 Å². The second-order valence-corrected chi connectivity index (χ2v) is 16.3. The molecule has 0 aliphatic rings. The van der Waals surface area contributed by atoms with Gasteiger partial charge in [-0.25, -0.2) is 4.57 Å². The Kier molecular flexibility index (Phi) is 27.7. The summed E-state index contributed by atoms with van der Waals surface area (Å²) in [5.74, 6) is 0. The standard InChI is InChI=1S/C24H53P.C3H9O4P/c1-5-9-13-17-21-25(22-18-14-10-6-2,23-19-15-11-7-3)24-20-16-12-8-4;1-2-3-7-8(4,5)6/h25H,5-24H2,1-4H3;2-3H2,1H3,(H2,4,5,6). The molecule has 2 N–H and O–H groups in total. The minimum atomic E-state index is -4.18. The summed E-state index contributed by atoms with van der Waals surface area (Å²) in [6.45, 7) is 11.3. The Labute approximate surface area is 209 Å². The molecule has 6 heteroatoms. The van der Waals surface area contributed by atoms with Crippen molar-refractivity contribution in [3.05, 3.63) is 0 Å². The van der Waals surface area contributed by atoms with Gasteiger partial charge in [0.15, 0.2) is 0 Å². The molecule has 204 valence electrons. The first-order valence-corrected chi connectivity index (χ1v) is 18.9. The minimum absolute atomic E-state index is 0.115. The number of phosphoric acid groups is 1. The van der Waals surface area contributed by atoms with Crippen molar-refractivity contribution in [2.24, 2.45) is 0 Å². The van der Waals surface area contributed by atoms with E-state index in [4.69, 9.17) is 9.79 Å². The van der Waals surface area contributed by atoms with Crippen LogP contribution in [0, 0.1) is 0 Å². The van der Waals surface area contributed by atoms with E-state index in [1.165, 1.54) is 77.0 Å². The monoisotopic (exact) mass is 512 g/mol. The normalized spacial score (nSPS) is 12.5. The molecule has 0 amide bonds. The van der Waals surface area contributed by atoms with Crippen molar-refractivity contribution in [1.29, 1.82) is 0 Å². The third kappa shape index (κ3) is 27.0. The van der Waals surface area contributed by atoms with Gasteiger partial charge >= 0.3 is 170 Å². The summed E-state index contributed by atoms with van der Waals surface area (Å²) in [5.41, 5.74) is 0. The fourth-order valence-corrected chi connectivity index (χ4v) is 10.6. The van der Waals surface area contributed by atoms with Crippen LogP contribution in [-0.4, -0.2) is 41.0 Å². The fraction of sp³-hybridized carbons (Fsp3) is 1.00. The molecule has 0 saturated heterocycles. The van der Waals surface area contributed by atoms with E-state index in [1.807, 2.05) is 0 Å². The zero-order valence-corrected chi connectivity index (χ0v) is 25.1. The SMILES string of the molecule is CCCCCC[PH](CCCCCC)(CCCCCC)CCCCCC.CCCOP(=O)(O)O. The Morgan fingerprint density at radius 2 is 0.818 bits per heavy atom. The van der Waals surface area contributed by atoms with E-state index in [9.17, 15) is 4.57 Å². The summed E-state index contributed by atoms with van der Waals surface area (Å²) in [5, 5.41) is 0. The first-order valence-electron chi connectivity index (χ1n) is 14.5. The Morgan fingerprint density at radius 3 is 1.00 bits per heavy atom. The fourth-order valence-electron chi connectivity index (χ4n) is 4.67. The van der Waals surface area contributed by atoms with E-state index in [1.54, 1.807) is 57.3 Å². The molecule has 0 rings (SSSR count). The predicted molar refractivity (Wildman–Crippen MR) is 153 cm³/mol. The quantitative estimate of drug-likeness (QED) is 0.106. The number of hydrogen-bond donors (Lipinski definition) is 2. The summed E-state index contributed by atoms with van der Waals surface area (Å²) in [6.07, 6.45) is 30.9. The zero-order valence-electron chi connectivity index (χ0n) is 23.2. The van der Waals surface area contributed by atoms with E-state index < -0.39 is 15.1 Å². The Morgan fingerprint density at radius 1 is 0.515 bits per heavy atom. The van der Waals surface area contributed by atoms with Crippen LogP contribution in [0.25, 0.3) is 0 Å². The summed E-state index contributed by atoms with van der Waals surface area (Å²) >= 11 is 0. The van der Waals surface area contributed by atoms with Gasteiger partial charge < -0.3 is 9.79 Å². The first-order chi connectivity index (χ1) is 15.8. The molecule has 0 aromatic carbocycles. The van der Waals surface area contributed by atoms with Crippen molar-refractivity contribution in [2.75, 3.05) is 31.3 Å². The van der Waals surface area contributed by atoms with Crippen LogP contribution < -0.4 is 0 Å². The van der Waals surface area contributed by atoms with Crippen LogP contribution in [-0.2, 0) is 9.09 Å². The molecular formula is C27H62O4P2. The summed E-state index contributed by atoms with van der Waals surface area (Å²) in [6, 6.07) is 0. The molecule has 0 aromatic rings. The first kappa shape index (κ1) is 35.7. The van der Waals surface area contributed by atoms with E-state index in [-0.39, 0.29) is 6.61 Å². The second-order valence-electron chi connectivity index (χ2n) is 10.1. The maximum atomic E-state index is 9.86. The van der Waals surface area contributed by atoms with Crippen molar-refractivity contribution in [2.45, 2.75) is 144 Å². The molecule has 0 atom stereocenters. The third-order valence-electron chi connectivity index (χ3n) is 6.71. The molecule has 0 radical (unpaired) electrons. The molecule has 33 heavy (non-hydrogen) atoms. The Balaban J connectivity index is 0. The number of rotatable bonds is 23. The van der Waals surface area contributed by atoms with Crippen molar-refractivity contribution in [1.82, 2.24) is 0 Å². The zero-order chi connectivity index (χ0) is 25.3. The third-order valence-corrected chi connectivity index (χ3v) is 12.9. The summed E-state index contributed by atoms with van der Waals surface area (Å²) in [7, 11) is -5.18. The predicted octanol–water partition coefficient (Wildman–Crippen LogP) is 9.56. The number of hydrogen-bond acceptors (Lipinski definition) is 2. The number of phosphoric ester groups is 1. The largest absolute Gasteiger partial charge is 0.469 e. The second kappa shape index (κ2) is 25.6. The van der Waals surface area contributed by atoms with E-state index >= 15 is 0 Å². The van der Waals surface area contributed by atoms with Gasteiger partial charge in [-0.3, -0.25) is 4.52 Å². The maximum Gasteiger partial charge on any atom is 0.469 e. The van der Waals surface area contributed by atoms with Crippen LogP contribution in [0.4, 0.5) is 0 Å². The molecular weight excluding hydrogens is 450 g/mol. The Bertz CT molecular complexity index is 373. The molecule has 0 saturated carbocycles. The van der Waals surface area contributed by atoms with E-state index in [2.05, 4.69) is 32.2 Å². The van der Waals surface area contributed by atoms with Gasteiger partial charge in [0, 0.05) is 0 Å². The average molecular weight is 513 g/mol. The van der Waals surface area contributed by atoms with E-state index in [0.717, 1.165) is 0 Å². The van der Waals surface area contributed by atoms with Gasteiger partial charge in [0.1, 0.15) is 0 Å². The van der Waals surface area contributed by atoms with Crippen LogP contribution in [0.5, 0.6) is 0 Å². The van der Waals surface area contributed by atoms with Crippen molar-refractivity contribution >= 4 is 15.1 Å². The molecule has 0 heterocycles. The molecule has 0 fully saturated rings. The van der Waals surface area contributed by atoms with Gasteiger partial charge in [-0.05, 0) is 6.42 Å². The molecule has 0 unspecified atom stereocenters. The van der Waals surface area contributed by atoms with Gasteiger partial charge in [-0.1, -0.05) is 6.92 Å². The molecule has 0 bridgehead atoms. The van der Waals surface area contributed by atoms with Gasteiger partial charge in [0.2, 0.25) is 0 Å². The minimum Gasteiger partial charge on any atom is -0.303 e. The topological polar surface area (TPSA) is 66.8 Å². The summed E-state index contributed by atoms with van der Waals surface area (Å²) < 4.78 is 13.9. The Hall–Kier alpha value is 0.540. The van der Waals surface area contributed by atoms with Crippen molar-refractivity contribution in [3.8, 4) is 0 Å². The van der Waals surface area contributed by atoms with Crippen LogP contribution in [0.3, 0.4) is 0 Å². The molecule has 4 nitrogen and oxygen atoms in total. The molecule has 0 aliphatic heterocycles. The van der Waals surface area contributed by atoms with Crippen molar-refractivity contribution in [3.63, 3.8) is 0 Å². The van der Waals surface area contributed by atoms with Crippen LogP contribution in [0.1, 0.15) is 144 Å². The summed E-state index contributed by atoms with van der Waals surface area (Å²) in [4.78, 5) is 16.1. The maximum absolute atomic E-state index is 9.86. The van der Waals surface area contributed by atoms with Crippen molar-refractivity contribution < 1.29 is 18.9 Å². The average Bonchev–Trinajstić information content (AvgIpc) is 2.78. The number of unbranched alkanes of at least 4 members (excludes halogenated alkanes) is 12. The van der Waals surface area contributed by atoms with Gasteiger partial charge in [0.25, 0.3) is 0 Å². The van der Waals surface area contributed by atoms with Gasteiger partial charge in [-0.15, -0.1) is 0 Å². The van der Waals surface area contributed by atoms with Crippen LogP contribution >= 0.6 is 15.1 Å². The molecule has 0 spiro atoms. The van der Waals surface area contributed by atoms with Gasteiger partial charge in [0.05, 0.1) is 6.61 Å². The molecule has 0 aliphatic carbocycles. The van der Waals surface area contributed by atoms with Crippen LogP contribution in [0.2, 0.25) is 0 Å².